The average Bonchev–Trinajstić information content (AvgIpc) is 4.06. The van der Waals surface area contributed by atoms with Crippen LogP contribution in [0, 0.1) is 10.8 Å². The Morgan fingerprint density at radius 1 is 0.588 bits per heavy atom. The molecule has 2 saturated heterocycles. The second kappa shape index (κ2) is 15.7. The van der Waals surface area contributed by atoms with Gasteiger partial charge in [0.25, 0.3) is 0 Å². The average molecular weight is 691 g/mol. The predicted octanol–water partition coefficient (Wildman–Crippen LogP) is 7.70. The minimum absolute atomic E-state index is 0.208. The third kappa shape index (κ3) is 10.8. The number of carbonyl (C=O) groups is 2. The molecule has 2 aliphatic heterocycles. The van der Waals surface area contributed by atoms with Crippen LogP contribution in [0.3, 0.4) is 0 Å². The van der Waals surface area contributed by atoms with Crippen molar-refractivity contribution in [2.24, 2.45) is 20.8 Å². The third-order valence-corrected chi connectivity index (χ3v) is 8.25. The number of rotatable bonds is 16. The Morgan fingerprint density at radius 3 is 1.25 bits per heavy atom. The molecule has 10 heteroatoms. The molecule has 0 bridgehead atoms. The molecule has 2 unspecified atom stereocenters. The highest BCUT2D eigenvalue weighted by atomic mass is 16.6. The van der Waals surface area contributed by atoms with Gasteiger partial charge in [0.2, 0.25) is 0 Å². The van der Waals surface area contributed by atoms with E-state index in [4.69, 9.17) is 28.4 Å². The molecule has 0 aromatic heterocycles. The van der Waals surface area contributed by atoms with Crippen molar-refractivity contribution in [2.45, 2.75) is 46.3 Å². The summed E-state index contributed by atoms with van der Waals surface area (Å²) in [5.74, 6) is 1.47. The molecule has 264 valence electrons. The van der Waals surface area contributed by atoms with Gasteiger partial charge in [0.15, 0.2) is 0 Å². The molecule has 0 N–H and O–H groups in total. The van der Waals surface area contributed by atoms with E-state index < -0.39 is 22.8 Å². The van der Waals surface area contributed by atoms with Crippen LogP contribution >= 0.6 is 0 Å². The largest absolute Gasteiger partial charge is 0.491 e. The summed E-state index contributed by atoms with van der Waals surface area (Å²) in [6.45, 7) is 9.68. The molecule has 4 aromatic carbocycles. The van der Waals surface area contributed by atoms with E-state index in [-0.39, 0.29) is 18.6 Å². The second-order valence-electron chi connectivity index (χ2n) is 13.9. The number of aliphatic imine (C=N–C) groups is 2. The number of carbonyl (C=O) groups excluding carboxylic acids is 2. The molecule has 2 aliphatic rings. The maximum atomic E-state index is 13.2. The smallest absolute Gasteiger partial charge is 0.316 e. The fraction of sp³-hybridized carbons (Fsp3) is 0.317. The van der Waals surface area contributed by atoms with Crippen molar-refractivity contribution in [3.8, 4) is 23.0 Å². The van der Waals surface area contributed by atoms with Gasteiger partial charge in [0.1, 0.15) is 48.4 Å². The van der Waals surface area contributed by atoms with Crippen LogP contribution in [-0.2, 0) is 19.1 Å². The van der Waals surface area contributed by atoms with E-state index in [0.717, 1.165) is 47.2 Å². The standard InChI is InChI=1S/C41H42N2O8/c1-40(2,38(44)50-34-13-5-28(6-14-34)21-42-30-9-17-32(18-10-30)46-23-36-25-48-36)27-41(3,4)39(45)51-35-15-7-29(8-16-35)22-43-31-11-19-33(20-12-31)47-24-37-26-49-37/h5-22,36-37H,23-27H2,1-4H3. The molecule has 2 fully saturated rings. The van der Waals surface area contributed by atoms with Crippen molar-refractivity contribution in [2.75, 3.05) is 26.4 Å². The van der Waals surface area contributed by atoms with Crippen molar-refractivity contribution in [3.63, 3.8) is 0 Å². The lowest BCUT2D eigenvalue weighted by molar-refractivity contribution is -0.151. The number of benzene rings is 4. The summed E-state index contributed by atoms with van der Waals surface area (Å²) in [6, 6.07) is 29.2. The van der Waals surface area contributed by atoms with Crippen molar-refractivity contribution in [1.29, 1.82) is 0 Å². The zero-order chi connectivity index (χ0) is 35.8. The van der Waals surface area contributed by atoms with Gasteiger partial charge in [-0.1, -0.05) is 0 Å². The number of hydrogen-bond acceptors (Lipinski definition) is 10. The minimum atomic E-state index is -0.972. The number of nitrogens with zero attached hydrogens (tertiary/aromatic N) is 2. The molecule has 4 aromatic rings. The number of epoxide rings is 2. The number of esters is 2. The first kappa shape index (κ1) is 35.5. The van der Waals surface area contributed by atoms with Crippen LogP contribution < -0.4 is 18.9 Å². The van der Waals surface area contributed by atoms with Crippen LogP contribution in [0.4, 0.5) is 11.4 Å². The quantitative estimate of drug-likeness (QED) is 0.0508. The van der Waals surface area contributed by atoms with Gasteiger partial charge in [0, 0.05) is 12.4 Å². The molecule has 0 radical (unpaired) electrons. The first-order valence-corrected chi connectivity index (χ1v) is 16.9. The lowest BCUT2D eigenvalue weighted by Crippen LogP contribution is -2.39. The molecule has 0 amide bonds. The Bertz CT molecular complexity index is 1700. The monoisotopic (exact) mass is 690 g/mol. The van der Waals surface area contributed by atoms with E-state index in [1.165, 1.54) is 0 Å². The zero-order valence-corrected chi connectivity index (χ0v) is 29.2. The van der Waals surface area contributed by atoms with Crippen LogP contribution in [0.1, 0.15) is 45.2 Å². The number of ether oxygens (including phenoxy) is 6. The first-order chi connectivity index (χ1) is 24.5. The maximum Gasteiger partial charge on any atom is 0.316 e. The molecule has 6 rings (SSSR count). The Labute approximate surface area is 298 Å². The Hall–Kier alpha value is -5.32. The van der Waals surface area contributed by atoms with E-state index >= 15 is 0 Å². The highest BCUT2D eigenvalue weighted by Gasteiger charge is 2.41. The van der Waals surface area contributed by atoms with Gasteiger partial charge >= 0.3 is 11.9 Å². The highest BCUT2D eigenvalue weighted by Crippen LogP contribution is 2.36. The lowest BCUT2D eigenvalue weighted by atomic mass is 9.75. The van der Waals surface area contributed by atoms with E-state index in [0.29, 0.717) is 24.7 Å². The molecule has 51 heavy (non-hydrogen) atoms. The van der Waals surface area contributed by atoms with Crippen LogP contribution in [0.2, 0.25) is 0 Å². The van der Waals surface area contributed by atoms with Gasteiger partial charge in [-0.05, 0) is 142 Å². The Balaban J connectivity index is 0.956. The summed E-state index contributed by atoms with van der Waals surface area (Å²) in [5, 5.41) is 0. The molecule has 0 aliphatic carbocycles. The summed E-state index contributed by atoms with van der Waals surface area (Å²) in [7, 11) is 0. The number of hydrogen-bond donors (Lipinski definition) is 0. The minimum Gasteiger partial charge on any atom is -0.491 e. The van der Waals surface area contributed by atoms with E-state index in [2.05, 4.69) is 9.98 Å². The van der Waals surface area contributed by atoms with Gasteiger partial charge in [-0.2, -0.15) is 0 Å². The summed E-state index contributed by atoms with van der Waals surface area (Å²) < 4.78 is 33.1. The molecule has 2 heterocycles. The third-order valence-electron chi connectivity index (χ3n) is 8.25. The fourth-order valence-electron chi connectivity index (χ4n) is 5.25. The van der Waals surface area contributed by atoms with E-state index in [9.17, 15) is 9.59 Å². The highest BCUT2D eigenvalue weighted by molar-refractivity contribution is 5.85. The van der Waals surface area contributed by atoms with Crippen LogP contribution in [0.15, 0.2) is 107 Å². The maximum absolute atomic E-state index is 13.2. The SMILES string of the molecule is CC(C)(CC(C)(C)C(=O)Oc1ccc(C=Nc2ccc(OCC3CO3)cc2)cc1)C(=O)Oc1ccc(C=Nc2ccc(OCC3CO3)cc2)cc1. The van der Waals surface area contributed by atoms with E-state index in [1.54, 1.807) is 64.4 Å². The van der Waals surface area contributed by atoms with Crippen LogP contribution in [-0.4, -0.2) is 63.0 Å². The second-order valence-corrected chi connectivity index (χ2v) is 13.9. The Morgan fingerprint density at radius 2 is 0.922 bits per heavy atom. The van der Waals surface area contributed by atoms with Crippen molar-refractivity contribution >= 4 is 35.7 Å². The van der Waals surface area contributed by atoms with Crippen molar-refractivity contribution in [3.05, 3.63) is 108 Å². The van der Waals surface area contributed by atoms with Gasteiger partial charge in [-0.3, -0.25) is 19.6 Å². The summed E-state index contributed by atoms with van der Waals surface area (Å²) in [5.41, 5.74) is 1.33. The molecule has 10 nitrogen and oxygen atoms in total. The van der Waals surface area contributed by atoms with Gasteiger partial charge in [0.05, 0.1) is 35.4 Å². The molecular weight excluding hydrogens is 648 g/mol. The summed E-state index contributed by atoms with van der Waals surface area (Å²) >= 11 is 0. The summed E-state index contributed by atoms with van der Waals surface area (Å²) in [6.07, 6.45) is 4.10. The van der Waals surface area contributed by atoms with Crippen molar-refractivity contribution in [1.82, 2.24) is 0 Å². The topological polar surface area (TPSA) is 121 Å². The molecular formula is C41H42N2O8. The van der Waals surface area contributed by atoms with E-state index in [1.807, 2.05) is 72.8 Å². The van der Waals surface area contributed by atoms with Crippen LogP contribution in [0.25, 0.3) is 0 Å². The normalized spacial score (nSPS) is 16.9. The first-order valence-electron chi connectivity index (χ1n) is 16.9. The predicted molar refractivity (Wildman–Crippen MR) is 194 cm³/mol. The Kier molecular flexibility index (Phi) is 10.9. The summed E-state index contributed by atoms with van der Waals surface area (Å²) in [4.78, 5) is 35.5. The van der Waals surface area contributed by atoms with Gasteiger partial charge in [-0.15, -0.1) is 0 Å². The lowest BCUT2D eigenvalue weighted by Gasteiger charge is -2.31. The van der Waals surface area contributed by atoms with Crippen molar-refractivity contribution < 1.29 is 38.0 Å². The van der Waals surface area contributed by atoms with Crippen LogP contribution in [0.5, 0.6) is 23.0 Å². The van der Waals surface area contributed by atoms with Gasteiger partial charge < -0.3 is 28.4 Å². The zero-order valence-electron chi connectivity index (χ0n) is 29.2. The molecule has 0 saturated carbocycles. The molecule has 2 atom stereocenters. The molecule has 0 spiro atoms. The van der Waals surface area contributed by atoms with Gasteiger partial charge in [-0.25, -0.2) is 0 Å². The fourth-order valence-corrected chi connectivity index (χ4v) is 5.25.